The van der Waals surface area contributed by atoms with Crippen LogP contribution in [0, 0.1) is 12.3 Å². The summed E-state index contributed by atoms with van der Waals surface area (Å²) in [5.41, 5.74) is 1.31. The summed E-state index contributed by atoms with van der Waals surface area (Å²) < 4.78 is 0. The van der Waals surface area contributed by atoms with Gasteiger partial charge in [-0.15, -0.1) is 6.58 Å². The van der Waals surface area contributed by atoms with Gasteiger partial charge in [-0.05, 0) is 25.8 Å². The van der Waals surface area contributed by atoms with Gasteiger partial charge in [0.15, 0.2) is 0 Å². The maximum Gasteiger partial charge on any atom is 0.313 e. The summed E-state index contributed by atoms with van der Waals surface area (Å²) in [6.45, 7) is 7.28. The number of carbonyl (C=O) groups is 1. The van der Waals surface area contributed by atoms with Crippen molar-refractivity contribution in [2.45, 2.75) is 20.3 Å². The Morgan fingerprint density at radius 2 is 2.00 bits per heavy atom. The molecule has 80 valence electrons. The van der Waals surface area contributed by atoms with Crippen molar-refractivity contribution in [1.29, 1.82) is 0 Å². The van der Waals surface area contributed by atoms with Crippen LogP contribution in [0.15, 0.2) is 36.9 Å². The summed E-state index contributed by atoms with van der Waals surface area (Å²) in [7, 11) is 0. The molecule has 1 rings (SSSR count). The predicted octanol–water partition coefficient (Wildman–Crippen LogP) is 2.81. The number of hydrogen-bond acceptors (Lipinski definition) is 1. The number of hydrogen-bond donors (Lipinski definition) is 1. The Kier molecular flexibility index (Phi) is 3.30. The van der Waals surface area contributed by atoms with Gasteiger partial charge in [0.25, 0.3) is 0 Å². The van der Waals surface area contributed by atoms with Gasteiger partial charge in [0.05, 0.1) is 5.41 Å². The topological polar surface area (TPSA) is 37.3 Å². The molecule has 0 radical (unpaired) electrons. The summed E-state index contributed by atoms with van der Waals surface area (Å²) in [4.78, 5) is 11.1. The largest absolute Gasteiger partial charge is 0.481 e. The van der Waals surface area contributed by atoms with Crippen molar-refractivity contribution in [3.05, 3.63) is 48.0 Å². The molecule has 0 aromatic heterocycles. The van der Waals surface area contributed by atoms with Crippen LogP contribution in [-0.2, 0) is 11.2 Å². The van der Waals surface area contributed by atoms with Gasteiger partial charge >= 0.3 is 5.97 Å². The van der Waals surface area contributed by atoms with Gasteiger partial charge in [-0.2, -0.15) is 0 Å². The minimum absolute atomic E-state index is 0.478. The molecule has 0 heterocycles. The minimum Gasteiger partial charge on any atom is -0.481 e. The standard InChI is InChI=1S/C13H16O2/c1-4-13(3,12(14)15)9-11-7-5-10(2)6-8-11/h4-8H,1,9H2,2-3H3,(H,14,15). The highest BCUT2D eigenvalue weighted by molar-refractivity contribution is 5.76. The molecule has 1 N–H and O–H groups in total. The molecule has 0 fully saturated rings. The first-order valence-corrected chi connectivity index (χ1v) is 4.90. The van der Waals surface area contributed by atoms with Crippen molar-refractivity contribution in [3.63, 3.8) is 0 Å². The molecule has 0 aliphatic carbocycles. The highest BCUT2D eigenvalue weighted by atomic mass is 16.4. The first-order valence-electron chi connectivity index (χ1n) is 4.90. The second kappa shape index (κ2) is 4.30. The molecule has 0 saturated carbocycles. The van der Waals surface area contributed by atoms with E-state index in [-0.39, 0.29) is 0 Å². The van der Waals surface area contributed by atoms with Crippen LogP contribution in [0.25, 0.3) is 0 Å². The third-order valence-electron chi connectivity index (χ3n) is 2.63. The van der Waals surface area contributed by atoms with E-state index in [1.54, 1.807) is 6.92 Å². The summed E-state index contributed by atoms with van der Waals surface area (Å²) >= 11 is 0. The zero-order valence-electron chi connectivity index (χ0n) is 9.16. The average molecular weight is 204 g/mol. The van der Waals surface area contributed by atoms with Crippen molar-refractivity contribution in [3.8, 4) is 0 Å². The molecule has 1 atom stereocenters. The molecule has 0 aliphatic heterocycles. The lowest BCUT2D eigenvalue weighted by Gasteiger charge is -2.20. The second-order valence-corrected chi connectivity index (χ2v) is 4.09. The fourth-order valence-electron chi connectivity index (χ4n) is 1.37. The summed E-state index contributed by atoms with van der Waals surface area (Å²) in [5, 5.41) is 9.08. The Bertz CT molecular complexity index is 365. The van der Waals surface area contributed by atoms with Crippen LogP contribution < -0.4 is 0 Å². The lowest BCUT2D eigenvalue weighted by molar-refractivity contribution is -0.145. The zero-order chi connectivity index (χ0) is 11.5. The zero-order valence-corrected chi connectivity index (χ0v) is 9.16. The molecule has 0 spiro atoms. The van der Waals surface area contributed by atoms with Crippen LogP contribution in [0.4, 0.5) is 0 Å². The Labute approximate surface area is 90.3 Å². The Hall–Kier alpha value is -1.57. The van der Waals surface area contributed by atoms with Gasteiger partial charge in [0.1, 0.15) is 0 Å². The van der Waals surface area contributed by atoms with Crippen molar-refractivity contribution < 1.29 is 9.90 Å². The number of benzene rings is 1. The quantitative estimate of drug-likeness (QED) is 0.766. The Morgan fingerprint density at radius 3 is 2.40 bits per heavy atom. The molecule has 15 heavy (non-hydrogen) atoms. The molecule has 1 aromatic rings. The highest BCUT2D eigenvalue weighted by Crippen LogP contribution is 2.24. The van der Waals surface area contributed by atoms with Crippen LogP contribution in [0.3, 0.4) is 0 Å². The number of carboxylic acid groups (broad SMARTS) is 1. The fraction of sp³-hybridized carbons (Fsp3) is 0.308. The predicted molar refractivity (Wildman–Crippen MR) is 60.8 cm³/mol. The van der Waals surface area contributed by atoms with E-state index >= 15 is 0 Å². The van der Waals surface area contributed by atoms with Gasteiger partial charge in [0.2, 0.25) is 0 Å². The summed E-state index contributed by atoms with van der Waals surface area (Å²) in [5.74, 6) is -0.835. The summed E-state index contributed by atoms with van der Waals surface area (Å²) in [6, 6.07) is 7.89. The monoisotopic (exact) mass is 204 g/mol. The van der Waals surface area contributed by atoms with E-state index in [1.807, 2.05) is 31.2 Å². The first-order chi connectivity index (χ1) is 6.98. The van der Waals surface area contributed by atoms with Crippen LogP contribution in [0.1, 0.15) is 18.1 Å². The lowest BCUT2D eigenvalue weighted by Crippen LogP contribution is -2.27. The molecule has 0 saturated heterocycles. The van der Waals surface area contributed by atoms with E-state index < -0.39 is 11.4 Å². The molecular weight excluding hydrogens is 188 g/mol. The van der Waals surface area contributed by atoms with Gasteiger partial charge in [-0.3, -0.25) is 4.79 Å². The van der Waals surface area contributed by atoms with Crippen LogP contribution in [-0.4, -0.2) is 11.1 Å². The lowest BCUT2D eigenvalue weighted by atomic mass is 9.84. The Balaban J connectivity index is 2.89. The molecular formula is C13H16O2. The number of rotatable bonds is 4. The SMILES string of the molecule is C=CC(C)(Cc1ccc(C)cc1)C(=O)O. The van der Waals surface area contributed by atoms with Crippen LogP contribution in [0.5, 0.6) is 0 Å². The van der Waals surface area contributed by atoms with Crippen molar-refractivity contribution in [2.75, 3.05) is 0 Å². The van der Waals surface area contributed by atoms with E-state index in [4.69, 9.17) is 5.11 Å². The minimum atomic E-state index is -0.880. The van der Waals surface area contributed by atoms with E-state index in [0.717, 1.165) is 5.56 Å². The smallest absolute Gasteiger partial charge is 0.313 e. The summed E-state index contributed by atoms with van der Waals surface area (Å²) in [6.07, 6.45) is 1.97. The molecule has 2 heteroatoms. The highest BCUT2D eigenvalue weighted by Gasteiger charge is 2.29. The van der Waals surface area contributed by atoms with E-state index in [1.165, 1.54) is 11.6 Å². The number of aliphatic carboxylic acids is 1. The fourth-order valence-corrected chi connectivity index (χ4v) is 1.37. The molecule has 0 amide bonds. The number of aryl methyl sites for hydroxylation is 1. The molecule has 1 unspecified atom stereocenters. The first kappa shape index (κ1) is 11.5. The van der Waals surface area contributed by atoms with E-state index in [0.29, 0.717) is 6.42 Å². The molecule has 0 aliphatic rings. The Morgan fingerprint density at radius 1 is 1.47 bits per heavy atom. The molecule has 2 nitrogen and oxygen atoms in total. The maximum absolute atomic E-state index is 11.1. The van der Waals surface area contributed by atoms with Crippen molar-refractivity contribution in [2.24, 2.45) is 5.41 Å². The van der Waals surface area contributed by atoms with Gasteiger partial charge in [0, 0.05) is 0 Å². The van der Waals surface area contributed by atoms with Crippen molar-refractivity contribution in [1.82, 2.24) is 0 Å². The van der Waals surface area contributed by atoms with E-state index in [2.05, 4.69) is 6.58 Å². The second-order valence-electron chi connectivity index (χ2n) is 4.09. The van der Waals surface area contributed by atoms with Gasteiger partial charge in [-0.25, -0.2) is 0 Å². The van der Waals surface area contributed by atoms with Crippen molar-refractivity contribution >= 4 is 5.97 Å². The van der Waals surface area contributed by atoms with Gasteiger partial charge < -0.3 is 5.11 Å². The van der Waals surface area contributed by atoms with E-state index in [9.17, 15) is 4.79 Å². The average Bonchev–Trinajstić information content (AvgIpc) is 2.21. The maximum atomic E-state index is 11.1. The molecule has 0 bridgehead atoms. The molecule has 1 aromatic carbocycles. The third kappa shape index (κ3) is 2.69. The third-order valence-corrected chi connectivity index (χ3v) is 2.63. The normalized spacial score (nSPS) is 14.3. The number of carboxylic acids is 1. The van der Waals surface area contributed by atoms with Crippen LogP contribution >= 0.6 is 0 Å². The van der Waals surface area contributed by atoms with Crippen LogP contribution in [0.2, 0.25) is 0 Å². The van der Waals surface area contributed by atoms with Gasteiger partial charge in [-0.1, -0.05) is 35.9 Å².